The van der Waals surface area contributed by atoms with Crippen molar-refractivity contribution in [1.29, 1.82) is 0 Å². The second-order valence-corrected chi connectivity index (χ2v) is 10.4. The van der Waals surface area contributed by atoms with Crippen LogP contribution in [0.5, 0.6) is 5.75 Å². The Hall–Kier alpha value is -3.34. The summed E-state index contributed by atoms with van der Waals surface area (Å²) in [6.07, 6.45) is 1.90. The van der Waals surface area contributed by atoms with Crippen molar-refractivity contribution < 1.29 is 22.3 Å². The van der Waals surface area contributed by atoms with Gasteiger partial charge in [-0.2, -0.15) is 4.31 Å². The first-order chi connectivity index (χ1) is 16.1. The van der Waals surface area contributed by atoms with Crippen LogP contribution in [-0.4, -0.2) is 42.7 Å². The summed E-state index contributed by atoms with van der Waals surface area (Å²) in [6, 6.07) is 15.3. The highest BCUT2D eigenvalue weighted by Crippen LogP contribution is 2.40. The number of hydrogen-bond donors (Lipinski definition) is 2. The zero-order chi connectivity index (χ0) is 24.5. The third-order valence-electron chi connectivity index (χ3n) is 5.63. The van der Waals surface area contributed by atoms with E-state index in [9.17, 15) is 17.6 Å². The molecule has 8 nitrogen and oxygen atoms in total. The van der Waals surface area contributed by atoms with Crippen LogP contribution < -0.4 is 16.2 Å². The molecule has 1 aliphatic heterocycles. The number of primary amides is 1. The Morgan fingerprint density at radius 3 is 2.47 bits per heavy atom. The second kappa shape index (κ2) is 9.13. The third-order valence-corrected chi connectivity index (χ3v) is 7.42. The van der Waals surface area contributed by atoms with Gasteiger partial charge in [-0.25, -0.2) is 17.8 Å². The van der Waals surface area contributed by atoms with E-state index in [1.807, 2.05) is 13.0 Å². The summed E-state index contributed by atoms with van der Waals surface area (Å²) in [4.78, 5) is 15.4. The molecular formula is C24H25FN4O4S. The van der Waals surface area contributed by atoms with Crippen LogP contribution in [0, 0.1) is 5.82 Å². The molecule has 34 heavy (non-hydrogen) atoms. The molecular weight excluding hydrogens is 459 g/mol. The number of benzene rings is 2. The minimum atomic E-state index is -3.80. The maximum atomic E-state index is 13.5. The fraction of sp³-hybridized carbons (Fsp3) is 0.250. The zero-order valence-electron chi connectivity index (χ0n) is 18.5. The lowest BCUT2D eigenvalue weighted by Crippen LogP contribution is -2.64. The van der Waals surface area contributed by atoms with Gasteiger partial charge >= 0.3 is 0 Å². The van der Waals surface area contributed by atoms with Crippen LogP contribution >= 0.6 is 0 Å². The molecule has 4 rings (SSSR count). The number of aromatic nitrogens is 1. The number of halogens is 1. The van der Waals surface area contributed by atoms with Crippen molar-refractivity contribution in [1.82, 2.24) is 9.29 Å². The van der Waals surface area contributed by atoms with Gasteiger partial charge in [0.25, 0.3) is 5.91 Å². The van der Waals surface area contributed by atoms with Gasteiger partial charge in [-0.05, 0) is 60.9 Å². The highest BCUT2D eigenvalue weighted by molar-refractivity contribution is 7.89. The van der Waals surface area contributed by atoms with Crippen molar-refractivity contribution in [2.24, 2.45) is 11.5 Å². The minimum Gasteiger partial charge on any atom is -0.478 e. The maximum Gasteiger partial charge on any atom is 0.267 e. The number of carbonyl (C=O) groups excluding carboxylic acids is 1. The molecule has 0 aliphatic carbocycles. The van der Waals surface area contributed by atoms with E-state index in [0.29, 0.717) is 17.7 Å². The lowest BCUT2D eigenvalue weighted by atomic mass is 9.87. The first-order valence-corrected chi connectivity index (χ1v) is 12.1. The molecule has 2 aromatic carbocycles. The Labute approximate surface area is 197 Å². The van der Waals surface area contributed by atoms with Crippen LogP contribution in [0.2, 0.25) is 0 Å². The summed E-state index contributed by atoms with van der Waals surface area (Å²) in [5.41, 5.74) is 11.6. The number of sulfonamides is 1. The molecule has 3 aromatic rings. The van der Waals surface area contributed by atoms with Gasteiger partial charge in [0.1, 0.15) is 17.3 Å². The molecule has 0 spiro atoms. The highest BCUT2D eigenvalue weighted by atomic mass is 32.2. The highest BCUT2D eigenvalue weighted by Gasteiger charge is 2.52. The fourth-order valence-corrected chi connectivity index (χ4v) is 5.52. The zero-order valence-corrected chi connectivity index (χ0v) is 19.3. The number of ether oxygens (including phenoxy) is 1. The van der Waals surface area contributed by atoms with Gasteiger partial charge in [0.05, 0.1) is 24.2 Å². The molecule has 4 N–H and O–H groups in total. The van der Waals surface area contributed by atoms with Crippen molar-refractivity contribution in [2.45, 2.75) is 29.9 Å². The Morgan fingerprint density at radius 1 is 1.18 bits per heavy atom. The number of rotatable bonds is 8. The standard InChI is InChI=1S/C24H25FN4O4S/c1-16(26)11-17-3-2-4-21(12-17)34(31,32)29-14-24(15-29,18-5-7-19(25)8-6-18)33-20-9-10-22(23(27)30)28-13-20/h2-10,12-13,16H,11,14-15,26H2,1H3,(H2,27,30). The molecule has 178 valence electrons. The van der Waals surface area contributed by atoms with Gasteiger partial charge in [0.2, 0.25) is 10.0 Å². The Bertz CT molecular complexity index is 1290. The molecule has 0 saturated carbocycles. The minimum absolute atomic E-state index is 0.00998. The SMILES string of the molecule is CC(N)Cc1cccc(S(=O)(=O)N2CC(Oc3ccc(C(N)=O)nc3)(c3ccc(F)cc3)C2)c1. The molecule has 10 heteroatoms. The van der Waals surface area contributed by atoms with Crippen LogP contribution in [0.4, 0.5) is 4.39 Å². The van der Waals surface area contributed by atoms with Gasteiger partial charge in [-0.15, -0.1) is 0 Å². The summed E-state index contributed by atoms with van der Waals surface area (Å²) in [5.74, 6) is -0.765. The predicted molar refractivity (Wildman–Crippen MR) is 124 cm³/mol. The normalized spacial score (nSPS) is 16.4. The average Bonchev–Trinajstić information content (AvgIpc) is 2.76. The van der Waals surface area contributed by atoms with Crippen molar-refractivity contribution in [3.05, 3.63) is 89.5 Å². The van der Waals surface area contributed by atoms with E-state index in [1.54, 1.807) is 30.3 Å². The van der Waals surface area contributed by atoms with E-state index in [4.69, 9.17) is 16.2 Å². The first-order valence-electron chi connectivity index (χ1n) is 10.6. The number of nitrogens with two attached hydrogens (primary N) is 2. The van der Waals surface area contributed by atoms with Gasteiger partial charge in [0.15, 0.2) is 5.60 Å². The van der Waals surface area contributed by atoms with Crippen molar-refractivity contribution in [3.63, 3.8) is 0 Å². The summed E-state index contributed by atoms with van der Waals surface area (Å²) < 4.78 is 47.7. The summed E-state index contributed by atoms with van der Waals surface area (Å²) in [6.45, 7) is 1.88. The van der Waals surface area contributed by atoms with Crippen LogP contribution in [0.3, 0.4) is 0 Å². The predicted octanol–water partition coefficient (Wildman–Crippen LogP) is 2.19. The maximum absolute atomic E-state index is 13.5. The molecule has 1 aromatic heterocycles. The quantitative estimate of drug-likeness (QED) is 0.504. The Balaban J connectivity index is 1.61. The van der Waals surface area contributed by atoms with E-state index in [0.717, 1.165) is 5.56 Å². The molecule has 1 aliphatic rings. The lowest BCUT2D eigenvalue weighted by Gasteiger charge is -2.48. The van der Waals surface area contributed by atoms with Gasteiger partial charge in [-0.1, -0.05) is 24.3 Å². The van der Waals surface area contributed by atoms with Crippen molar-refractivity contribution in [2.75, 3.05) is 13.1 Å². The fourth-order valence-electron chi connectivity index (χ4n) is 3.92. The van der Waals surface area contributed by atoms with E-state index in [-0.39, 0.29) is 29.7 Å². The molecule has 2 heterocycles. The smallest absolute Gasteiger partial charge is 0.267 e. The number of carbonyl (C=O) groups is 1. The van der Waals surface area contributed by atoms with Crippen molar-refractivity contribution >= 4 is 15.9 Å². The van der Waals surface area contributed by atoms with E-state index in [2.05, 4.69) is 4.98 Å². The molecule has 1 saturated heterocycles. The monoisotopic (exact) mass is 484 g/mol. The van der Waals surface area contributed by atoms with Crippen LogP contribution in [0.15, 0.2) is 71.8 Å². The lowest BCUT2D eigenvalue weighted by molar-refractivity contribution is -0.0415. The number of hydrogen-bond acceptors (Lipinski definition) is 6. The van der Waals surface area contributed by atoms with Gasteiger partial charge in [0, 0.05) is 6.04 Å². The summed E-state index contributed by atoms with van der Waals surface area (Å²) >= 11 is 0. The third kappa shape index (κ3) is 4.79. The van der Waals surface area contributed by atoms with Crippen LogP contribution in [-0.2, 0) is 22.0 Å². The molecule has 1 atom stereocenters. The molecule has 1 amide bonds. The molecule has 0 bridgehead atoms. The Morgan fingerprint density at radius 2 is 1.88 bits per heavy atom. The van der Waals surface area contributed by atoms with E-state index >= 15 is 0 Å². The number of pyridine rings is 1. The van der Waals surface area contributed by atoms with Crippen LogP contribution in [0.25, 0.3) is 0 Å². The molecule has 1 unspecified atom stereocenters. The summed E-state index contributed by atoms with van der Waals surface area (Å²) in [7, 11) is -3.80. The van der Waals surface area contributed by atoms with E-state index in [1.165, 1.54) is 34.8 Å². The van der Waals surface area contributed by atoms with E-state index < -0.39 is 27.3 Å². The molecule has 0 radical (unpaired) electrons. The first kappa shape index (κ1) is 23.8. The molecule has 1 fully saturated rings. The van der Waals surface area contributed by atoms with Gasteiger partial charge < -0.3 is 16.2 Å². The number of nitrogens with zero attached hydrogens (tertiary/aromatic N) is 2. The average molecular weight is 485 g/mol. The van der Waals surface area contributed by atoms with Gasteiger partial charge in [-0.3, -0.25) is 4.79 Å². The number of amides is 1. The summed E-state index contributed by atoms with van der Waals surface area (Å²) in [5, 5.41) is 0. The van der Waals surface area contributed by atoms with Crippen LogP contribution in [0.1, 0.15) is 28.5 Å². The second-order valence-electron chi connectivity index (χ2n) is 8.45. The topological polar surface area (TPSA) is 129 Å². The largest absolute Gasteiger partial charge is 0.478 e. The Kier molecular flexibility index (Phi) is 6.39. The van der Waals surface area contributed by atoms with Crippen molar-refractivity contribution in [3.8, 4) is 5.75 Å².